The van der Waals surface area contributed by atoms with Crippen LogP contribution in [0.25, 0.3) is 110 Å². The molecule has 11 aromatic rings. The van der Waals surface area contributed by atoms with E-state index in [9.17, 15) is 0 Å². The number of hydrogen-bond acceptors (Lipinski definition) is 5. The highest BCUT2D eigenvalue weighted by atomic mass is 32.1. The van der Waals surface area contributed by atoms with Crippen molar-refractivity contribution in [2.45, 2.75) is 0 Å². The number of thiophene rings is 1. The predicted octanol–water partition coefficient (Wildman–Crippen LogP) is 8.11. The number of fused-ring (bicyclic) bond motifs is 6. The maximum atomic E-state index is 6.46. The van der Waals surface area contributed by atoms with Crippen LogP contribution >= 0.6 is 11.3 Å². The second-order valence-corrected chi connectivity index (χ2v) is 16.1. The van der Waals surface area contributed by atoms with Crippen molar-refractivity contribution >= 4 is 120 Å². The van der Waals surface area contributed by atoms with Crippen LogP contribution in [0.15, 0.2) is 162 Å². The lowest BCUT2D eigenvalue weighted by molar-refractivity contribution is 0.669. The molecule has 0 saturated carbocycles. The van der Waals surface area contributed by atoms with Gasteiger partial charge in [-0.2, -0.15) is 0 Å². The van der Waals surface area contributed by atoms with Crippen molar-refractivity contribution in [3.05, 3.63) is 158 Å². The van der Waals surface area contributed by atoms with Crippen molar-refractivity contribution in [2.75, 3.05) is 0 Å². The summed E-state index contributed by atoms with van der Waals surface area (Å²) in [7, 11) is 30.8. The zero-order chi connectivity index (χ0) is 41.4. The second kappa shape index (κ2) is 14.7. The van der Waals surface area contributed by atoms with E-state index in [1.54, 1.807) is 11.3 Å². The van der Waals surface area contributed by atoms with Crippen LogP contribution in [0.5, 0.6) is 0 Å². The first-order valence-corrected chi connectivity index (χ1v) is 20.5. The van der Waals surface area contributed by atoms with Crippen molar-refractivity contribution in [3.8, 4) is 67.5 Å². The molecule has 0 amide bonds. The van der Waals surface area contributed by atoms with Gasteiger partial charge in [-0.25, -0.2) is 15.0 Å². The smallest absolute Gasteiger partial charge is 0.165 e. The van der Waals surface area contributed by atoms with Gasteiger partial charge < -0.3 is 4.42 Å². The van der Waals surface area contributed by atoms with Crippen LogP contribution < -0.4 is 27.3 Å². The topological polar surface area (TPSA) is 51.8 Å². The van der Waals surface area contributed by atoms with Gasteiger partial charge in [0, 0.05) is 47.6 Å². The monoisotopic (exact) mass is 783 g/mol. The van der Waals surface area contributed by atoms with Gasteiger partial charge in [0.1, 0.15) is 50.4 Å². The highest BCUT2D eigenvalue weighted by Gasteiger charge is 2.18. The van der Waals surface area contributed by atoms with Crippen LogP contribution in [0.2, 0.25) is 0 Å². The van der Waals surface area contributed by atoms with Crippen LogP contribution in [-0.4, -0.2) is 54.2 Å². The molecule has 0 aliphatic heterocycles. The number of aromatic nitrogens is 3. The van der Waals surface area contributed by atoms with E-state index in [0.29, 0.717) is 34.0 Å². The summed E-state index contributed by atoms with van der Waals surface area (Å²) in [5.74, 6) is 1.85. The minimum Gasteiger partial charge on any atom is -0.456 e. The Bertz CT molecular complexity index is 3500. The normalized spacial score (nSPS) is 11.6. The molecule has 11 rings (SSSR count). The lowest BCUT2D eigenvalue weighted by atomic mass is 9.59. The van der Waals surface area contributed by atoms with Gasteiger partial charge in [-0.15, -0.1) is 27.7 Å². The molecule has 0 fully saturated rings. The van der Waals surface area contributed by atoms with Crippen LogP contribution in [0.3, 0.4) is 0 Å². The largest absolute Gasteiger partial charge is 0.456 e. The molecule has 0 unspecified atom stereocenters. The van der Waals surface area contributed by atoms with E-state index in [1.165, 1.54) is 15.5 Å². The maximum Gasteiger partial charge on any atom is 0.165 e. The lowest BCUT2D eigenvalue weighted by Crippen LogP contribution is -2.55. The molecule has 0 atom stereocenters. The molecule has 0 saturated heterocycles. The molecule has 8 aromatic carbocycles. The summed E-state index contributed by atoms with van der Waals surface area (Å²) in [6.45, 7) is 0. The average Bonchev–Trinajstić information content (AvgIpc) is 3.88. The number of furan rings is 1. The SMILES string of the molecule is [B]c1c([B])c([B])c(-c2ccc(-c3ccc(-c4ccc5c(c4)oc4ccc(-c6nc(-c7ccccc7)nc(-c7cccc8c7sc7ccccc78)n6)cc45)cc3)cc2)c([B])c1[B]. The fraction of sp³-hybridized carbons (Fsp3) is 0. The van der Waals surface area contributed by atoms with Gasteiger partial charge in [0.05, 0.1) is 0 Å². The Labute approximate surface area is 362 Å². The lowest BCUT2D eigenvalue weighted by Gasteiger charge is -2.21. The molecule has 3 aromatic heterocycles. The Morgan fingerprint density at radius 2 is 0.918 bits per heavy atom. The molecule has 0 N–H and O–H groups in total. The third-order valence-electron chi connectivity index (χ3n) is 11.5. The van der Waals surface area contributed by atoms with Gasteiger partial charge in [0.15, 0.2) is 17.5 Å². The predicted molar refractivity (Wildman–Crippen MR) is 260 cm³/mol. The first kappa shape index (κ1) is 37.1. The van der Waals surface area contributed by atoms with Crippen LogP contribution in [-0.2, 0) is 0 Å². The highest BCUT2D eigenvalue weighted by Crippen LogP contribution is 2.40. The van der Waals surface area contributed by atoms with Gasteiger partial charge in [-0.1, -0.05) is 126 Å². The summed E-state index contributed by atoms with van der Waals surface area (Å²) in [5, 5.41) is 4.42. The Morgan fingerprint density at radius 3 is 1.64 bits per heavy atom. The van der Waals surface area contributed by atoms with E-state index < -0.39 is 0 Å². The Hall–Kier alpha value is -6.89. The molecular formula is C51H26B5N3OS. The number of hydrogen-bond donors (Lipinski definition) is 0. The van der Waals surface area contributed by atoms with Gasteiger partial charge in [0.2, 0.25) is 0 Å². The van der Waals surface area contributed by atoms with E-state index in [1.807, 2.05) is 66.7 Å². The van der Waals surface area contributed by atoms with E-state index in [0.717, 1.165) is 71.1 Å². The minimum atomic E-state index is 0.199. The van der Waals surface area contributed by atoms with E-state index in [4.69, 9.17) is 58.6 Å². The van der Waals surface area contributed by atoms with E-state index in [2.05, 4.69) is 91.0 Å². The Balaban J connectivity index is 0.925. The fourth-order valence-electron chi connectivity index (χ4n) is 8.21. The molecule has 0 aliphatic carbocycles. The summed E-state index contributed by atoms with van der Waals surface area (Å²) >= 11 is 1.76. The molecular weight excluding hydrogens is 757 g/mol. The second-order valence-electron chi connectivity index (χ2n) is 15.1. The summed E-state index contributed by atoms with van der Waals surface area (Å²) in [6.07, 6.45) is 0. The molecule has 0 bridgehead atoms. The number of nitrogens with zero attached hydrogens (tertiary/aromatic N) is 3. The van der Waals surface area contributed by atoms with E-state index >= 15 is 0 Å². The molecule has 0 aliphatic rings. The van der Waals surface area contributed by atoms with Crippen molar-refractivity contribution in [1.82, 2.24) is 15.0 Å². The van der Waals surface area contributed by atoms with Crippen molar-refractivity contribution < 1.29 is 4.42 Å². The third-order valence-corrected chi connectivity index (χ3v) is 12.7. The van der Waals surface area contributed by atoms with Gasteiger partial charge in [-0.3, -0.25) is 0 Å². The zero-order valence-corrected chi connectivity index (χ0v) is 33.4. The zero-order valence-electron chi connectivity index (χ0n) is 32.6. The van der Waals surface area contributed by atoms with E-state index in [-0.39, 0.29) is 16.4 Å². The average molecular weight is 783 g/mol. The van der Waals surface area contributed by atoms with Crippen molar-refractivity contribution in [2.24, 2.45) is 0 Å². The molecule has 10 heteroatoms. The molecule has 3 heterocycles. The number of rotatable bonds is 6. The summed E-state index contributed by atoms with van der Waals surface area (Å²) < 4.78 is 8.84. The van der Waals surface area contributed by atoms with Crippen molar-refractivity contribution in [3.63, 3.8) is 0 Å². The Kier molecular flexibility index (Phi) is 8.94. The summed E-state index contributed by atoms with van der Waals surface area (Å²) in [6, 6.07) is 53.8. The number of benzene rings is 8. The van der Waals surface area contributed by atoms with Gasteiger partial charge >= 0.3 is 0 Å². The highest BCUT2D eigenvalue weighted by molar-refractivity contribution is 7.26. The standard InChI is InChI=1S/C51H26B5N3OS/c52-43-42(44(53)46(55)47(56)45(43)54)30-19-17-28(18-20-30)27-13-15-29(16-14-27)32-21-23-34-38-25-33(22-24-39(38)60-40(34)26-32)50-57-49(31-7-2-1-3-8-31)58-51(59-50)37-11-6-10-36-35-9-4-5-12-41(35)61-48(36)37/h1-26H. The molecule has 0 spiro atoms. The first-order chi connectivity index (χ1) is 29.8. The van der Waals surface area contributed by atoms with Gasteiger partial charge in [-0.05, 0) is 75.8 Å². The van der Waals surface area contributed by atoms with Crippen LogP contribution in [0.1, 0.15) is 0 Å². The summed E-state index contributed by atoms with van der Waals surface area (Å²) in [4.78, 5) is 15.2. The fourth-order valence-corrected chi connectivity index (χ4v) is 9.42. The van der Waals surface area contributed by atoms with Gasteiger partial charge in [0.25, 0.3) is 0 Å². The quantitative estimate of drug-likeness (QED) is 0.160. The molecule has 4 nitrogen and oxygen atoms in total. The molecule has 61 heavy (non-hydrogen) atoms. The third kappa shape index (κ3) is 6.33. The minimum absolute atomic E-state index is 0.199. The summed E-state index contributed by atoms with van der Waals surface area (Å²) in [5.41, 5.74) is 11.2. The van der Waals surface area contributed by atoms with Crippen molar-refractivity contribution in [1.29, 1.82) is 0 Å². The first-order valence-electron chi connectivity index (χ1n) is 19.7. The Morgan fingerprint density at radius 1 is 0.361 bits per heavy atom. The molecule has 272 valence electrons. The van der Waals surface area contributed by atoms with Crippen LogP contribution in [0.4, 0.5) is 0 Å². The maximum absolute atomic E-state index is 6.46. The van der Waals surface area contributed by atoms with Crippen LogP contribution in [0, 0.1) is 0 Å². The molecule has 10 radical (unpaired) electrons.